The molecule has 2 aromatic rings. The standard InChI is InChI=1S/C18H17NO6/c1-23-16-9-12(10-20)7-8-15(16)25-11-17(21)19-14-6-4-3-5-13(14)18(22)24-2/h3-10H,11H2,1-2H3,(H,19,21). The van der Waals surface area contributed by atoms with Crippen molar-refractivity contribution in [2.24, 2.45) is 0 Å². The Morgan fingerprint density at radius 1 is 1.08 bits per heavy atom. The molecule has 0 aliphatic heterocycles. The molecule has 0 aliphatic carbocycles. The Morgan fingerprint density at radius 2 is 1.84 bits per heavy atom. The summed E-state index contributed by atoms with van der Waals surface area (Å²) in [6.45, 7) is -0.299. The molecule has 0 bridgehead atoms. The van der Waals surface area contributed by atoms with Crippen LogP contribution in [0.15, 0.2) is 42.5 Å². The van der Waals surface area contributed by atoms with E-state index in [1.54, 1.807) is 30.3 Å². The molecule has 7 nitrogen and oxygen atoms in total. The van der Waals surface area contributed by atoms with E-state index in [0.29, 0.717) is 29.0 Å². The van der Waals surface area contributed by atoms with Crippen molar-refractivity contribution < 1.29 is 28.6 Å². The molecule has 0 radical (unpaired) electrons. The second-order valence-electron chi connectivity index (χ2n) is 4.90. The first kappa shape index (κ1) is 18.0. The maximum Gasteiger partial charge on any atom is 0.339 e. The van der Waals surface area contributed by atoms with Gasteiger partial charge in [0.2, 0.25) is 0 Å². The maximum absolute atomic E-state index is 12.1. The third-order valence-corrected chi connectivity index (χ3v) is 3.29. The Morgan fingerprint density at radius 3 is 2.52 bits per heavy atom. The number of carbonyl (C=O) groups excluding carboxylic acids is 3. The molecule has 7 heteroatoms. The summed E-state index contributed by atoms with van der Waals surface area (Å²) >= 11 is 0. The van der Waals surface area contributed by atoms with Gasteiger partial charge in [0.15, 0.2) is 18.1 Å². The molecule has 0 aromatic heterocycles. The molecule has 0 unspecified atom stereocenters. The van der Waals surface area contributed by atoms with Gasteiger partial charge in [-0.1, -0.05) is 12.1 Å². The van der Waals surface area contributed by atoms with Crippen LogP contribution >= 0.6 is 0 Å². The Labute approximate surface area is 144 Å². The Kier molecular flexibility index (Phi) is 6.11. The number of benzene rings is 2. The Balaban J connectivity index is 2.05. The number of esters is 1. The number of nitrogens with one attached hydrogen (secondary N) is 1. The van der Waals surface area contributed by atoms with Gasteiger partial charge in [0, 0.05) is 5.56 Å². The number of aldehydes is 1. The lowest BCUT2D eigenvalue weighted by molar-refractivity contribution is -0.118. The molecule has 0 saturated heterocycles. The lowest BCUT2D eigenvalue weighted by Gasteiger charge is -2.12. The molecule has 1 amide bonds. The first-order valence-corrected chi connectivity index (χ1v) is 7.32. The molecular weight excluding hydrogens is 326 g/mol. The van der Waals surface area contributed by atoms with Crippen LogP contribution in [0.4, 0.5) is 5.69 Å². The normalized spacial score (nSPS) is 9.84. The number of rotatable bonds is 7. The zero-order valence-electron chi connectivity index (χ0n) is 13.8. The number of methoxy groups -OCH3 is 2. The van der Waals surface area contributed by atoms with E-state index in [0.717, 1.165) is 0 Å². The van der Waals surface area contributed by atoms with Gasteiger partial charge >= 0.3 is 5.97 Å². The smallest absolute Gasteiger partial charge is 0.339 e. The van der Waals surface area contributed by atoms with Crippen LogP contribution in [0.2, 0.25) is 0 Å². The fourth-order valence-electron chi connectivity index (χ4n) is 2.09. The number of ether oxygens (including phenoxy) is 3. The van der Waals surface area contributed by atoms with Crippen LogP contribution < -0.4 is 14.8 Å². The predicted molar refractivity (Wildman–Crippen MR) is 90.3 cm³/mol. The molecule has 2 rings (SSSR count). The van der Waals surface area contributed by atoms with Crippen LogP contribution in [0, 0.1) is 0 Å². The predicted octanol–water partition coefficient (Wildman–Crippen LogP) is 2.31. The number of hydrogen-bond donors (Lipinski definition) is 1. The van der Waals surface area contributed by atoms with Crippen molar-refractivity contribution in [1.29, 1.82) is 0 Å². The zero-order chi connectivity index (χ0) is 18.2. The van der Waals surface area contributed by atoms with Crippen molar-refractivity contribution in [2.45, 2.75) is 0 Å². The van der Waals surface area contributed by atoms with Crippen LogP contribution in [-0.4, -0.2) is 39.0 Å². The van der Waals surface area contributed by atoms with Crippen molar-refractivity contribution in [3.63, 3.8) is 0 Å². The minimum atomic E-state index is -0.553. The molecule has 0 saturated carbocycles. The van der Waals surface area contributed by atoms with Crippen molar-refractivity contribution >= 4 is 23.9 Å². The van der Waals surface area contributed by atoms with E-state index in [-0.39, 0.29) is 12.2 Å². The molecular formula is C18H17NO6. The molecule has 0 aliphatic rings. The number of hydrogen-bond acceptors (Lipinski definition) is 6. The summed E-state index contributed by atoms with van der Waals surface area (Å²) in [5.41, 5.74) is 0.998. The number of anilines is 1. The highest BCUT2D eigenvalue weighted by atomic mass is 16.5. The van der Waals surface area contributed by atoms with Gasteiger partial charge in [-0.25, -0.2) is 4.79 Å². The summed E-state index contributed by atoms with van der Waals surface area (Å²) in [6, 6.07) is 11.1. The molecule has 2 aromatic carbocycles. The van der Waals surface area contributed by atoms with Crippen LogP contribution in [-0.2, 0) is 9.53 Å². The second kappa shape index (κ2) is 8.49. The van der Waals surface area contributed by atoms with Gasteiger partial charge in [-0.2, -0.15) is 0 Å². The molecule has 0 fully saturated rings. The third kappa shape index (κ3) is 4.57. The fourth-order valence-corrected chi connectivity index (χ4v) is 2.09. The van der Waals surface area contributed by atoms with E-state index in [1.165, 1.54) is 26.4 Å². The van der Waals surface area contributed by atoms with Gasteiger partial charge in [0.25, 0.3) is 5.91 Å². The molecule has 0 spiro atoms. The highest BCUT2D eigenvalue weighted by Crippen LogP contribution is 2.27. The van der Waals surface area contributed by atoms with Crippen LogP contribution in [0.5, 0.6) is 11.5 Å². The summed E-state index contributed by atoms with van der Waals surface area (Å²) in [5, 5.41) is 2.59. The Hall–Kier alpha value is -3.35. The van der Waals surface area contributed by atoms with Crippen LogP contribution in [0.3, 0.4) is 0 Å². The fraction of sp³-hybridized carbons (Fsp3) is 0.167. The molecule has 0 heterocycles. The molecule has 130 valence electrons. The molecule has 0 atom stereocenters. The highest BCUT2D eigenvalue weighted by Gasteiger charge is 2.14. The first-order valence-electron chi connectivity index (χ1n) is 7.32. The van der Waals surface area contributed by atoms with E-state index in [1.807, 2.05) is 0 Å². The second-order valence-corrected chi connectivity index (χ2v) is 4.90. The van der Waals surface area contributed by atoms with Crippen LogP contribution in [0.25, 0.3) is 0 Å². The maximum atomic E-state index is 12.1. The highest BCUT2D eigenvalue weighted by molar-refractivity contribution is 6.01. The van der Waals surface area contributed by atoms with Gasteiger partial charge < -0.3 is 19.5 Å². The van der Waals surface area contributed by atoms with Gasteiger partial charge in [-0.15, -0.1) is 0 Å². The van der Waals surface area contributed by atoms with Crippen molar-refractivity contribution in [3.8, 4) is 11.5 Å². The third-order valence-electron chi connectivity index (χ3n) is 3.29. The van der Waals surface area contributed by atoms with Crippen molar-refractivity contribution in [2.75, 3.05) is 26.1 Å². The SMILES string of the molecule is COC(=O)c1ccccc1NC(=O)COc1ccc(C=O)cc1OC. The quantitative estimate of drug-likeness (QED) is 0.613. The van der Waals surface area contributed by atoms with Crippen molar-refractivity contribution in [3.05, 3.63) is 53.6 Å². The molecule has 25 heavy (non-hydrogen) atoms. The van der Waals surface area contributed by atoms with E-state index in [2.05, 4.69) is 10.1 Å². The summed E-state index contributed by atoms with van der Waals surface area (Å²) in [7, 11) is 2.70. The minimum Gasteiger partial charge on any atom is -0.493 e. The topological polar surface area (TPSA) is 90.9 Å². The number of para-hydroxylation sites is 1. The zero-order valence-corrected chi connectivity index (χ0v) is 13.8. The van der Waals surface area contributed by atoms with Gasteiger partial charge in [0.1, 0.15) is 6.29 Å². The summed E-state index contributed by atoms with van der Waals surface area (Å²) < 4.78 is 15.2. The van der Waals surface area contributed by atoms with E-state index in [4.69, 9.17) is 9.47 Å². The van der Waals surface area contributed by atoms with E-state index < -0.39 is 11.9 Å². The first-order chi connectivity index (χ1) is 12.1. The minimum absolute atomic E-state index is 0.242. The summed E-state index contributed by atoms with van der Waals surface area (Å²) in [6.07, 6.45) is 0.683. The van der Waals surface area contributed by atoms with Gasteiger partial charge in [-0.3, -0.25) is 9.59 Å². The Bertz CT molecular complexity index is 787. The van der Waals surface area contributed by atoms with Crippen molar-refractivity contribution in [1.82, 2.24) is 0 Å². The van der Waals surface area contributed by atoms with Gasteiger partial charge in [0.05, 0.1) is 25.5 Å². The number of amides is 1. The monoisotopic (exact) mass is 343 g/mol. The largest absolute Gasteiger partial charge is 0.493 e. The average Bonchev–Trinajstić information content (AvgIpc) is 2.66. The van der Waals surface area contributed by atoms with E-state index in [9.17, 15) is 14.4 Å². The average molecular weight is 343 g/mol. The van der Waals surface area contributed by atoms with E-state index >= 15 is 0 Å². The lowest BCUT2D eigenvalue weighted by atomic mass is 10.2. The number of carbonyl (C=O) groups is 3. The summed E-state index contributed by atoms with van der Waals surface area (Å²) in [4.78, 5) is 34.5. The lowest BCUT2D eigenvalue weighted by Crippen LogP contribution is -2.22. The van der Waals surface area contributed by atoms with Crippen LogP contribution in [0.1, 0.15) is 20.7 Å². The summed E-state index contributed by atoms with van der Waals surface area (Å²) in [5.74, 6) is -0.349. The van der Waals surface area contributed by atoms with Gasteiger partial charge in [-0.05, 0) is 30.3 Å². The molecule has 1 N–H and O–H groups in total.